The number of likely N-dealkylation sites (N-methyl/N-ethyl adjacent to an activating group) is 1. The molecule has 114 valence electrons. The van der Waals surface area contributed by atoms with Gasteiger partial charge in [0.2, 0.25) is 0 Å². The highest BCUT2D eigenvalue weighted by molar-refractivity contribution is 5.67. The van der Waals surface area contributed by atoms with E-state index in [4.69, 9.17) is 9.84 Å². The van der Waals surface area contributed by atoms with Crippen LogP contribution in [0.1, 0.15) is 47.5 Å². The lowest BCUT2D eigenvalue weighted by Gasteiger charge is -2.23. The molecule has 19 heavy (non-hydrogen) atoms. The Balaban J connectivity index is 3.80. The van der Waals surface area contributed by atoms with Gasteiger partial charge in [0.25, 0.3) is 0 Å². The molecule has 0 radical (unpaired) electrons. The number of nitrogens with zero attached hydrogens (tertiary/aromatic N) is 1. The van der Waals surface area contributed by atoms with Crippen LogP contribution >= 0.6 is 0 Å². The topological polar surface area (TPSA) is 61.8 Å². The average Bonchev–Trinajstić information content (AvgIpc) is 2.24. The lowest BCUT2D eigenvalue weighted by molar-refractivity contribution is 0.0505. The molecule has 0 saturated carbocycles. The van der Waals surface area contributed by atoms with Gasteiger partial charge < -0.3 is 20.1 Å². The lowest BCUT2D eigenvalue weighted by atomic mass is 10.1. The molecule has 0 heterocycles. The van der Waals surface area contributed by atoms with Gasteiger partial charge in [-0.15, -0.1) is 0 Å². The number of rotatable bonds is 8. The molecule has 0 spiro atoms. The van der Waals surface area contributed by atoms with Crippen LogP contribution in [-0.4, -0.2) is 54.0 Å². The first-order chi connectivity index (χ1) is 8.78. The third kappa shape index (κ3) is 10.8. The quantitative estimate of drug-likeness (QED) is 0.710. The van der Waals surface area contributed by atoms with E-state index in [2.05, 4.69) is 17.1 Å². The second-order valence-electron chi connectivity index (χ2n) is 5.85. The van der Waals surface area contributed by atoms with E-state index >= 15 is 0 Å². The van der Waals surface area contributed by atoms with Gasteiger partial charge in [0.1, 0.15) is 5.60 Å². The summed E-state index contributed by atoms with van der Waals surface area (Å²) >= 11 is 0. The maximum Gasteiger partial charge on any atom is 0.407 e. The highest BCUT2D eigenvalue weighted by Gasteiger charge is 2.17. The van der Waals surface area contributed by atoms with Crippen molar-refractivity contribution >= 4 is 6.09 Å². The molecule has 0 aliphatic carbocycles. The number of aliphatic hydroxyl groups is 1. The van der Waals surface area contributed by atoms with Crippen molar-refractivity contribution in [3.05, 3.63) is 0 Å². The second-order valence-corrected chi connectivity index (χ2v) is 5.85. The highest BCUT2D eigenvalue weighted by Crippen LogP contribution is 2.07. The number of carbonyl (C=O) groups is 1. The molecule has 2 N–H and O–H groups in total. The average molecular weight is 274 g/mol. The predicted octanol–water partition coefficient (Wildman–Crippen LogP) is 1.99. The maximum absolute atomic E-state index is 11.5. The Bertz CT molecular complexity index is 252. The molecule has 0 aromatic carbocycles. The standard InChI is InChI=1S/C14H30N2O3/c1-6-16(10-11-17)9-7-8-12(2)15-13(18)19-14(3,4)5/h12,17H,6-11H2,1-5H3,(H,15,18). The molecule has 5 heteroatoms. The first-order valence-electron chi connectivity index (χ1n) is 7.11. The van der Waals surface area contributed by atoms with Crippen LogP contribution in [0.5, 0.6) is 0 Å². The molecule has 0 bridgehead atoms. The van der Waals surface area contributed by atoms with E-state index in [0.717, 1.165) is 25.9 Å². The summed E-state index contributed by atoms with van der Waals surface area (Å²) in [6.07, 6.45) is 1.54. The Morgan fingerprint density at radius 2 is 2.00 bits per heavy atom. The Hall–Kier alpha value is -0.810. The van der Waals surface area contributed by atoms with Gasteiger partial charge in [-0.3, -0.25) is 0 Å². The fourth-order valence-electron chi connectivity index (χ4n) is 1.77. The van der Waals surface area contributed by atoms with Gasteiger partial charge in [-0.05, 0) is 53.6 Å². The smallest absolute Gasteiger partial charge is 0.407 e. The molecular weight excluding hydrogens is 244 g/mol. The zero-order chi connectivity index (χ0) is 14.9. The summed E-state index contributed by atoms with van der Waals surface area (Å²) in [5.74, 6) is 0. The monoisotopic (exact) mass is 274 g/mol. The number of carbonyl (C=O) groups excluding carboxylic acids is 1. The Labute approximate surface area is 117 Å². The van der Waals surface area contributed by atoms with E-state index in [-0.39, 0.29) is 18.7 Å². The number of alkyl carbamates (subject to hydrolysis) is 1. The first-order valence-corrected chi connectivity index (χ1v) is 7.11. The Morgan fingerprint density at radius 1 is 1.37 bits per heavy atom. The molecule has 1 unspecified atom stereocenters. The molecule has 1 amide bonds. The number of hydrogen-bond acceptors (Lipinski definition) is 4. The van der Waals surface area contributed by atoms with Crippen LogP contribution in [0.3, 0.4) is 0 Å². The van der Waals surface area contributed by atoms with E-state index in [1.54, 1.807) is 0 Å². The molecular formula is C14H30N2O3. The molecule has 0 aliphatic rings. The summed E-state index contributed by atoms with van der Waals surface area (Å²) in [5, 5.41) is 11.7. The number of amides is 1. The zero-order valence-corrected chi connectivity index (χ0v) is 13.0. The molecule has 0 saturated heterocycles. The molecule has 0 rings (SSSR count). The number of hydrogen-bond donors (Lipinski definition) is 2. The third-order valence-electron chi connectivity index (χ3n) is 2.74. The van der Waals surface area contributed by atoms with Crippen LogP contribution in [0.4, 0.5) is 4.79 Å². The minimum absolute atomic E-state index is 0.0997. The van der Waals surface area contributed by atoms with Crippen molar-refractivity contribution < 1.29 is 14.6 Å². The van der Waals surface area contributed by atoms with E-state index < -0.39 is 5.60 Å². The predicted molar refractivity (Wildman–Crippen MR) is 77.3 cm³/mol. The zero-order valence-electron chi connectivity index (χ0n) is 13.0. The van der Waals surface area contributed by atoms with Crippen molar-refractivity contribution in [1.29, 1.82) is 0 Å². The van der Waals surface area contributed by atoms with Gasteiger partial charge in [-0.2, -0.15) is 0 Å². The molecule has 1 atom stereocenters. The summed E-state index contributed by atoms with van der Waals surface area (Å²) in [6, 6.07) is 0.0997. The van der Waals surface area contributed by atoms with E-state index in [9.17, 15) is 4.79 Å². The maximum atomic E-state index is 11.5. The van der Waals surface area contributed by atoms with Gasteiger partial charge in [-0.25, -0.2) is 4.79 Å². The van der Waals surface area contributed by atoms with Crippen LogP contribution in [0.25, 0.3) is 0 Å². The largest absolute Gasteiger partial charge is 0.444 e. The van der Waals surface area contributed by atoms with E-state index in [1.165, 1.54) is 0 Å². The summed E-state index contributed by atoms with van der Waals surface area (Å²) in [7, 11) is 0. The Morgan fingerprint density at radius 3 is 2.47 bits per heavy atom. The van der Waals surface area contributed by atoms with Gasteiger partial charge >= 0.3 is 6.09 Å². The minimum Gasteiger partial charge on any atom is -0.444 e. The first kappa shape index (κ1) is 18.2. The van der Waals surface area contributed by atoms with E-state index in [0.29, 0.717) is 6.54 Å². The fraction of sp³-hybridized carbons (Fsp3) is 0.929. The van der Waals surface area contributed by atoms with Crippen molar-refractivity contribution in [2.45, 2.75) is 59.1 Å². The lowest BCUT2D eigenvalue weighted by Crippen LogP contribution is -2.38. The fourth-order valence-corrected chi connectivity index (χ4v) is 1.77. The SMILES string of the molecule is CCN(CCO)CCCC(C)NC(=O)OC(C)(C)C. The molecule has 0 fully saturated rings. The van der Waals surface area contributed by atoms with Gasteiger partial charge in [0, 0.05) is 12.6 Å². The van der Waals surface area contributed by atoms with Crippen LogP contribution < -0.4 is 5.32 Å². The van der Waals surface area contributed by atoms with Crippen LogP contribution in [0, 0.1) is 0 Å². The Kier molecular flexibility index (Phi) is 8.76. The normalized spacial score (nSPS) is 13.4. The van der Waals surface area contributed by atoms with Crippen molar-refractivity contribution in [1.82, 2.24) is 10.2 Å². The van der Waals surface area contributed by atoms with Crippen molar-refractivity contribution in [3.8, 4) is 0 Å². The van der Waals surface area contributed by atoms with Gasteiger partial charge in [0.05, 0.1) is 6.61 Å². The summed E-state index contributed by atoms with van der Waals surface area (Å²) in [6.45, 7) is 12.4. The molecule has 0 aliphatic heterocycles. The van der Waals surface area contributed by atoms with Crippen molar-refractivity contribution in [3.63, 3.8) is 0 Å². The number of ether oxygens (including phenoxy) is 1. The molecule has 5 nitrogen and oxygen atoms in total. The molecule has 0 aromatic heterocycles. The highest BCUT2D eigenvalue weighted by atomic mass is 16.6. The third-order valence-corrected chi connectivity index (χ3v) is 2.74. The van der Waals surface area contributed by atoms with E-state index in [1.807, 2.05) is 27.7 Å². The number of nitrogens with one attached hydrogen (secondary N) is 1. The summed E-state index contributed by atoms with van der Waals surface area (Å²) in [4.78, 5) is 13.7. The summed E-state index contributed by atoms with van der Waals surface area (Å²) in [5.41, 5.74) is -0.454. The van der Waals surface area contributed by atoms with Crippen LogP contribution in [0.15, 0.2) is 0 Å². The van der Waals surface area contributed by atoms with Crippen LogP contribution in [-0.2, 0) is 4.74 Å². The van der Waals surface area contributed by atoms with Gasteiger partial charge in [-0.1, -0.05) is 6.92 Å². The minimum atomic E-state index is -0.454. The van der Waals surface area contributed by atoms with Crippen molar-refractivity contribution in [2.75, 3.05) is 26.2 Å². The van der Waals surface area contributed by atoms with Crippen molar-refractivity contribution in [2.24, 2.45) is 0 Å². The number of aliphatic hydroxyl groups excluding tert-OH is 1. The second kappa shape index (κ2) is 9.15. The summed E-state index contributed by atoms with van der Waals surface area (Å²) < 4.78 is 5.20. The van der Waals surface area contributed by atoms with Gasteiger partial charge in [0.15, 0.2) is 0 Å². The molecule has 0 aromatic rings. The van der Waals surface area contributed by atoms with Crippen LogP contribution in [0.2, 0.25) is 0 Å².